The van der Waals surface area contributed by atoms with Crippen LogP contribution in [0.3, 0.4) is 0 Å². The number of rotatable bonds is 2. The number of carbonyl (C=O) groups is 1. The molecule has 2 atom stereocenters. The summed E-state index contributed by atoms with van der Waals surface area (Å²) in [6.45, 7) is 5.62. The third kappa shape index (κ3) is 3.10. The van der Waals surface area contributed by atoms with Gasteiger partial charge in [-0.25, -0.2) is 0 Å². The van der Waals surface area contributed by atoms with Crippen LogP contribution in [0.15, 0.2) is 30.3 Å². The molecule has 0 spiro atoms. The number of hydrogen-bond donors (Lipinski definition) is 1. The summed E-state index contributed by atoms with van der Waals surface area (Å²) < 4.78 is 5.48. The average molecular weight is 247 g/mol. The molecule has 18 heavy (non-hydrogen) atoms. The second-order valence-corrected chi connectivity index (χ2v) is 5.85. The monoisotopic (exact) mass is 247 g/mol. The van der Waals surface area contributed by atoms with Gasteiger partial charge in [-0.05, 0) is 39.2 Å². The maximum atomic E-state index is 11.8. The van der Waals surface area contributed by atoms with Crippen LogP contribution in [0.1, 0.15) is 45.2 Å². The predicted octanol–water partition coefficient (Wildman–Crippen LogP) is 3.03. The zero-order chi connectivity index (χ0) is 13.2. The Kier molecular flexibility index (Phi) is 3.71. The number of ether oxygens (including phenoxy) is 1. The highest BCUT2D eigenvalue weighted by atomic mass is 16.6. The highest BCUT2D eigenvalue weighted by molar-refractivity contribution is 5.75. The summed E-state index contributed by atoms with van der Waals surface area (Å²) >= 11 is 0. The van der Waals surface area contributed by atoms with Crippen molar-refractivity contribution in [3.63, 3.8) is 0 Å². The van der Waals surface area contributed by atoms with E-state index in [-0.39, 0.29) is 12.2 Å². The van der Waals surface area contributed by atoms with E-state index in [4.69, 9.17) is 4.74 Å². The molecule has 0 amide bonds. The third-order valence-electron chi connectivity index (χ3n) is 3.17. The Morgan fingerprint density at radius 3 is 2.50 bits per heavy atom. The molecule has 0 bridgehead atoms. The smallest absolute Gasteiger partial charge is 0.312 e. The van der Waals surface area contributed by atoms with Gasteiger partial charge in [0.05, 0.1) is 5.41 Å². The SMILES string of the molecule is CC(C)(C)C(=O)OC1CCC(c2ccccc2)N1. The molecule has 0 saturated carbocycles. The van der Waals surface area contributed by atoms with Gasteiger partial charge in [-0.1, -0.05) is 30.3 Å². The van der Waals surface area contributed by atoms with Crippen LogP contribution < -0.4 is 5.32 Å². The number of nitrogens with one attached hydrogen (secondary N) is 1. The molecule has 3 heteroatoms. The van der Waals surface area contributed by atoms with E-state index < -0.39 is 5.41 Å². The molecule has 1 aromatic rings. The lowest BCUT2D eigenvalue weighted by Crippen LogP contribution is -2.34. The minimum Gasteiger partial charge on any atom is -0.446 e. The van der Waals surface area contributed by atoms with Crippen LogP contribution in [0, 0.1) is 5.41 Å². The van der Waals surface area contributed by atoms with Crippen molar-refractivity contribution in [2.24, 2.45) is 5.41 Å². The first-order valence-electron chi connectivity index (χ1n) is 6.49. The summed E-state index contributed by atoms with van der Waals surface area (Å²) in [6, 6.07) is 10.6. The van der Waals surface area contributed by atoms with Crippen molar-refractivity contribution in [2.45, 2.75) is 45.9 Å². The highest BCUT2D eigenvalue weighted by Crippen LogP contribution is 2.28. The topological polar surface area (TPSA) is 38.3 Å². The zero-order valence-corrected chi connectivity index (χ0v) is 11.3. The minimum atomic E-state index is -0.438. The standard InChI is InChI=1S/C15H21NO2/c1-15(2,3)14(17)18-13-10-9-12(16-13)11-7-5-4-6-8-11/h4-8,12-13,16H,9-10H2,1-3H3. The Labute approximate surface area is 109 Å². The number of carbonyl (C=O) groups excluding carboxylic acids is 1. The molecule has 1 N–H and O–H groups in total. The predicted molar refractivity (Wildman–Crippen MR) is 70.9 cm³/mol. The van der Waals surface area contributed by atoms with Gasteiger partial charge in [0.15, 0.2) is 6.23 Å². The van der Waals surface area contributed by atoms with E-state index in [1.165, 1.54) is 5.56 Å². The molecule has 1 saturated heterocycles. The summed E-state index contributed by atoms with van der Waals surface area (Å²) in [5.74, 6) is -0.145. The molecular formula is C15H21NO2. The highest BCUT2D eigenvalue weighted by Gasteiger charge is 2.31. The first kappa shape index (κ1) is 13.1. The van der Waals surface area contributed by atoms with Crippen LogP contribution in [-0.4, -0.2) is 12.2 Å². The van der Waals surface area contributed by atoms with E-state index in [9.17, 15) is 4.79 Å². The Balaban J connectivity index is 1.92. The zero-order valence-electron chi connectivity index (χ0n) is 11.3. The van der Waals surface area contributed by atoms with Crippen molar-refractivity contribution < 1.29 is 9.53 Å². The van der Waals surface area contributed by atoms with E-state index in [1.807, 2.05) is 39.0 Å². The molecule has 1 fully saturated rings. The fraction of sp³-hybridized carbons (Fsp3) is 0.533. The maximum absolute atomic E-state index is 11.8. The van der Waals surface area contributed by atoms with E-state index >= 15 is 0 Å². The van der Waals surface area contributed by atoms with E-state index in [1.54, 1.807) is 0 Å². The first-order chi connectivity index (χ1) is 8.47. The van der Waals surface area contributed by atoms with Gasteiger partial charge in [0.2, 0.25) is 0 Å². The van der Waals surface area contributed by atoms with Crippen molar-refractivity contribution in [3.05, 3.63) is 35.9 Å². The molecule has 1 aliphatic heterocycles. The van der Waals surface area contributed by atoms with Crippen molar-refractivity contribution in [1.29, 1.82) is 0 Å². The number of esters is 1. The Bertz CT molecular complexity index is 408. The Morgan fingerprint density at radius 1 is 1.22 bits per heavy atom. The summed E-state index contributed by atoms with van der Waals surface area (Å²) in [6.07, 6.45) is 1.73. The minimum absolute atomic E-state index is 0.145. The molecule has 1 aliphatic rings. The molecule has 0 aromatic heterocycles. The molecule has 2 unspecified atom stereocenters. The van der Waals surface area contributed by atoms with Crippen LogP contribution in [0.25, 0.3) is 0 Å². The maximum Gasteiger partial charge on any atom is 0.312 e. The van der Waals surface area contributed by atoms with Gasteiger partial charge < -0.3 is 4.74 Å². The first-order valence-corrected chi connectivity index (χ1v) is 6.49. The summed E-state index contributed by atoms with van der Waals surface area (Å²) in [7, 11) is 0. The lowest BCUT2D eigenvalue weighted by molar-refractivity contribution is -0.159. The van der Waals surface area contributed by atoms with Crippen LogP contribution in [-0.2, 0) is 9.53 Å². The molecule has 0 aliphatic carbocycles. The van der Waals surface area contributed by atoms with Gasteiger partial charge in [0.1, 0.15) is 0 Å². The van der Waals surface area contributed by atoms with Gasteiger partial charge in [-0.15, -0.1) is 0 Å². The van der Waals surface area contributed by atoms with Crippen molar-refractivity contribution in [3.8, 4) is 0 Å². The summed E-state index contributed by atoms with van der Waals surface area (Å²) in [4.78, 5) is 11.8. The van der Waals surface area contributed by atoms with Crippen molar-refractivity contribution >= 4 is 5.97 Å². The Morgan fingerprint density at radius 2 is 1.89 bits per heavy atom. The number of benzene rings is 1. The van der Waals surface area contributed by atoms with Crippen LogP contribution >= 0.6 is 0 Å². The summed E-state index contributed by atoms with van der Waals surface area (Å²) in [5.41, 5.74) is 0.818. The molecule has 2 rings (SSSR count). The molecule has 1 aromatic carbocycles. The summed E-state index contributed by atoms with van der Waals surface area (Å²) in [5, 5.41) is 3.37. The van der Waals surface area contributed by atoms with Crippen molar-refractivity contribution in [2.75, 3.05) is 0 Å². The average Bonchev–Trinajstić information content (AvgIpc) is 2.77. The van der Waals surface area contributed by atoms with Gasteiger partial charge >= 0.3 is 5.97 Å². The fourth-order valence-electron chi connectivity index (χ4n) is 2.06. The number of hydrogen-bond acceptors (Lipinski definition) is 3. The second-order valence-electron chi connectivity index (χ2n) is 5.85. The normalized spacial score (nSPS) is 23.9. The van der Waals surface area contributed by atoms with Crippen LogP contribution in [0.4, 0.5) is 0 Å². The van der Waals surface area contributed by atoms with E-state index in [2.05, 4.69) is 17.4 Å². The molecular weight excluding hydrogens is 226 g/mol. The molecule has 98 valence electrons. The van der Waals surface area contributed by atoms with Gasteiger partial charge in [0.25, 0.3) is 0 Å². The Hall–Kier alpha value is -1.35. The van der Waals surface area contributed by atoms with Gasteiger partial charge in [-0.2, -0.15) is 0 Å². The van der Waals surface area contributed by atoms with Gasteiger partial charge in [0, 0.05) is 6.04 Å². The quantitative estimate of drug-likeness (QED) is 0.816. The fourth-order valence-corrected chi connectivity index (χ4v) is 2.06. The molecule has 1 heterocycles. The van der Waals surface area contributed by atoms with Gasteiger partial charge in [-0.3, -0.25) is 10.1 Å². The van der Waals surface area contributed by atoms with Crippen LogP contribution in [0.5, 0.6) is 0 Å². The van der Waals surface area contributed by atoms with Crippen molar-refractivity contribution in [1.82, 2.24) is 5.32 Å². The lowest BCUT2D eigenvalue weighted by atomic mass is 9.97. The molecule has 3 nitrogen and oxygen atoms in total. The molecule has 0 radical (unpaired) electrons. The lowest BCUT2D eigenvalue weighted by Gasteiger charge is -2.21. The van der Waals surface area contributed by atoms with Crippen LogP contribution in [0.2, 0.25) is 0 Å². The van der Waals surface area contributed by atoms with E-state index in [0.29, 0.717) is 6.04 Å². The third-order valence-corrected chi connectivity index (χ3v) is 3.17. The second kappa shape index (κ2) is 5.11. The van der Waals surface area contributed by atoms with E-state index in [0.717, 1.165) is 12.8 Å². The largest absolute Gasteiger partial charge is 0.446 e.